The summed E-state index contributed by atoms with van der Waals surface area (Å²) in [7, 11) is 3.35. The highest BCUT2D eigenvalue weighted by molar-refractivity contribution is 5.83. The number of carbonyl (C=O) groups excluding carboxylic acids is 1. The molecule has 3 aliphatic rings. The van der Waals surface area contributed by atoms with Crippen molar-refractivity contribution in [2.24, 2.45) is 0 Å². The van der Waals surface area contributed by atoms with Crippen molar-refractivity contribution in [1.29, 1.82) is 0 Å². The molecule has 1 spiro atoms. The lowest BCUT2D eigenvalue weighted by molar-refractivity contribution is 0.0885. The second kappa shape index (κ2) is 9.28. The molecule has 0 aromatic heterocycles. The third kappa shape index (κ3) is 4.23. The lowest BCUT2D eigenvalue weighted by Gasteiger charge is -2.44. The van der Waals surface area contributed by atoms with Gasteiger partial charge in [-0.05, 0) is 67.1 Å². The van der Waals surface area contributed by atoms with Crippen molar-refractivity contribution in [3.63, 3.8) is 0 Å². The minimum absolute atomic E-state index is 0.0918. The van der Waals surface area contributed by atoms with Crippen LogP contribution >= 0.6 is 0 Å². The molecule has 2 amide bonds. The number of allylic oxidation sites excluding steroid dienone is 1. The van der Waals surface area contributed by atoms with Crippen molar-refractivity contribution >= 4 is 6.03 Å². The van der Waals surface area contributed by atoms with E-state index in [0.717, 1.165) is 71.9 Å². The van der Waals surface area contributed by atoms with E-state index in [4.69, 9.17) is 9.47 Å². The zero-order valence-corrected chi connectivity index (χ0v) is 22.9. The average molecular weight is 506 g/mol. The van der Waals surface area contributed by atoms with Crippen LogP contribution < -0.4 is 9.47 Å². The maximum atomic E-state index is 13.8. The molecule has 0 bridgehead atoms. The molecule has 2 aromatic carbocycles. The van der Waals surface area contributed by atoms with E-state index in [-0.39, 0.29) is 17.0 Å². The monoisotopic (exact) mass is 505 g/mol. The number of benzene rings is 2. The zero-order chi connectivity index (χ0) is 26.5. The number of piperidine rings is 1. The minimum Gasteiger partial charge on any atom is -0.508 e. The second-order valence-electron chi connectivity index (χ2n) is 11.2. The topological polar surface area (TPSA) is 65.5 Å². The van der Waals surface area contributed by atoms with Crippen LogP contribution in [0.15, 0.2) is 42.1 Å². The number of ether oxygens (including phenoxy) is 2. The van der Waals surface area contributed by atoms with Gasteiger partial charge >= 0.3 is 6.03 Å². The summed E-state index contributed by atoms with van der Waals surface area (Å²) >= 11 is 0. The van der Waals surface area contributed by atoms with E-state index in [1.165, 1.54) is 0 Å². The normalized spacial score (nSPS) is 20.4. The first kappa shape index (κ1) is 25.5. The molecule has 198 valence electrons. The minimum atomic E-state index is -0.315. The van der Waals surface area contributed by atoms with E-state index in [1.54, 1.807) is 14.2 Å². The molecule has 0 unspecified atom stereocenters. The maximum absolute atomic E-state index is 13.8. The summed E-state index contributed by atoms with van der Waals surface area (Å²) in [5.41, 5.74) is 4.70. The van der Waals surface area contributed by atoms with Crippen LogP contribution in [-0.2, 0) is 18.5 Å². The van der Waals surface area contributed by atoms with Crippen LogP contribution in [0.3, 0.4) is 0 Å². The number of nitrogens with zero attached hydrogens (tertiary/aromatic N) is 3. The van der Waals surface area contributed by atoms with Gasteiger partial charge < -0.3 is 19.5 Å². The fraction of sp³-hybridized carbons (Fsp3) is 0.500. The number of aromatic hydroxyl groups is 1. The smallest absolute Gasteiger partial charge is 0.325 e. The number of likely N-dealkylation sites (N-methyl/N-ethyl adjacent to an activating group) is 1. The van der Waals surface area contributed by atoms with Gasteiger partial charge in [0.1, 0.15) is 17.2 Å². The highest BCUT2D eigenvalue weighted by Crippen LogP contribution is 2.49. The summed E-state index contributed by atoms with van der Waals surface area (Å²) < 4.78 is 10.9. The number of likely N-dealkylation sites (tertiary alicyclic amines) is 1. The lowest BCUT2D eigenvalue weighted by Crippen LogP contribution is -2.53. The molecule has 7 heteroatoms. The molecular weight excluding hydrogens is 466 g/mol. The third-order valence-corrected chi connectivity index (χ3v) is 8.50. The van der Waals surface area contributed by atoms with E-state index in [2.05, 4.69) is 48.8 Å². The van der Waals surface area contributed by atoms with E-state index in [0.29, 0.717) is 18.8 Å². The van der Waals surface area contributed by atoms with Gasteiger partial charge in [0.25, 0.3) is 0 Å². The number of methoxy groups -OCH3 is 2. The Morgan fingerprint density at radius 3 is 2.24 bits per heavy atom. The predicted molar refractivity (Wildman–Crippen MR) is 144 cm³/mol. The summed E-state index contributed by atoms with van der Waals surface area (Å²) in [5.74, 6) is 1.90. The van der Waals surface area contributed by atoms with Gasteiger partial charge in [-0.2, -0.15) is 0 Å². The van der Waals surface area contributed by atoms with Crippen LogP contribution in [0.2, 0.25) is 0 Å². The molecule has 5 rings (SSSR count). The summed E-state index contributed by atoms with van der Waals surface area (Å²) in [6.45, 7) is 12.2. The molecule has 1 N–H and O–H groups in total. The van der Waals surface area contributed by atoms with Gasteiger partial charge in [0, 0.05) is 43.4 Å². The van der Waals surface area contributed by atoms with Crippen LogP contribution in [0.25, 0.3) is 0 Å². The molecule has 0 atom stereocenters. The van der Waals surface area contributed by atoms with E-state index in [1.807, 2.05) is 30.0 Å². The summed E-state index contributed by atoms with van der Waals surface area (Å²) in [6, 6.07) is 10.1. The molecule has 0 saturated carbocycles. The second-order valence-corrected chi connectivity index (χ2v) is 11.2. The number of urea groups is 1. The molecule has 3 aliphatic heterocycles. The highest BCUT2D eigenvalue weighted by atomic mass is 16.5. The van der Waals surface area contributed by atoms with Crippen molar-refractivity contribution in [2.75, 3.05) is 33.9 Å². The van der Waals surface area contributed by atoms with Gasteiger partial charge in [0.2, 0.25) is 0 Å². The SMILES string of the molecule is CCN1C(=O)N2Cc3cc(C)c(O)cc3C(C)(C)C=C2C12CCN(Cc1cc(OC)cc(OC)c1)CC2. The standard InChI is InChI=1S/C30H39N3O4/c1-7-33-28(35)32-19-22-12-20(2)26(34)16-25(22)29(3,4)17-27(32)30(33)8-10-31(11-9-30)18-21-13-23(36-5)15-24(14-21)37-6/h12-17,34H,7-11,18-19H2,1-6H3. The Kier molecular flexibility index (Phi) is 6.39. The van der Waals surface area contributed by atoms with Gasteiger partial charge in [-0.25, -0.2) is 4.79 Å². The number of phenols is 1. The van der Waals surface area contributed by atoms with Gasteiger partial charge in [-0.15, -0.1) is 0 Å². The van der Waals surface area contributed by atoms with Crippen molar-refractivity contribution in [2.45, 2.75) is 64.6 Å². The molecule has 7 nitrogen and oxygen atoms in total. The molecule has 2 saturated heterocycles. The fourth-order valence-electron chi connectivity index (χ4n) is 6.52. The van der Waals surface area contributed by atoms with Crippen LogP contribution in [0.5, 0.6) is 17.2 Å². The Morgan fingerprint density at radius 2 is 1.65 bits per heavy atom. The van der Waals surface area contributed by atoms with Crippen LogP contribution in [0, 0.1) is 6.92 Å². The number of fused-ring (bicyclic) bond motifs is 3. The first-order chi connectivity index (χ1) is 17.6. The molecule has 37 heavy (non-hydrogen) atoms. The molecule has 2 fully saturated rings. The Hall–Kier alpha value is -3.19. The Bertz CT molecular complexity index is 1220. The Morgan fingerprint density at radius 1 is 1.00 bits per heavy atom. The third-order valence-electron chi connectivity index (χ3n) is 8.50. The maximum Gasteiger partial charge on any atom is 0.325 e. The molecule has 3 heterocycles. The van der Waals surface area contributed by atoms with E-state index >= 15 is 0 Å². The summed E-state index contributed by atoms with van der Waals surface area (Å²) in [4.78, 5) is 20.4. The van der Waals surface area contributed by atoms with E-state index in [9.17, 15) is 9.90 Å². The Balaban J connectivity index is 1.45. The van der Waals surface area contributed by atoms with Crippen molar-refractivity contribution < 1.29 is 19.4 Å². The number of carbonyl (C=O) groups is 1. The van der Waals surface area contributed by atoms with Crippen LogP contribution in [0.1, 0.15) is 55.9 Å². The van der Waals surface area contributed by atoms with Gasteiger partial charge in [-0.1, -0.05) is 26.0 Å². The van der Waals surface area contributed by atoms with Crippen molar-refractivity contribution in [3.8, 4) is 17.2 Å². The molecule has 0 aliphatic carbocycles. The molecular formula is C30H39N3O4. The summed E-state index contributed by atoms with van der Waals surface area (Å²) in [6.07, 6.45) is 4.06. The fourth-order valence-corrected chi connectivity index (χ4v) is 6.52. The number of hydrogen-bond donors (Lipinski definition) is 1. The van der Waals surface area contributed by atoms with Crippen LogP contribution in [0.4, 0.5) is 4.79 Å². The average Bonchev–Trinajstić information content (AvgIpc) is 2.99. The van der Waals surface area contributed by atoms with E-state index < -0.39 is 0 Å². The largest absolute Gasteiger partial charge is 0.508 e. The van der Waals surface area contributed by atoms with Crippen molar-refractivity contribution in [1.82, 2.24) is 14.7 Å². The lowest BCUT2D eigenvalue weighted by atomic mass is 9.77. The zero-order valence-electron chi connectivity index (χ0n) is 22.9. The summed E-state index contributed by atoms with van der Waals surface area (Å²) in [5, 5.41) is 10.5. The number of phenolic OH excluding ortho intramolecular Hbond substituents is 1. The van der Waals surface area contributed by atoms with Gasteiger partial charge in [0.05, 0.1) is 26.3 Å². The first-order valence-corrected chi connectivity index (χ1v) is 13.2. The van der Waals surface area contributed by atoms with Gasteiger partial charge in [-0.3, -0.25) is 9.80 Å². The predicted octanol–water partition coefficient (Wildman–Crippen LogP) is 5.19. The van der Waals surface area contributed by atoms with Crippen LogP contribution in [-0.4, -0.2) is 65.2 Å². The highest BCUT2D eigenvalue weighted by Gasteiger charge is 2.55. The molecule has 2 aromatic rings. The Labute approximate surface area is 220 Å². The number of rotatable bonds is 5. The first-order valence-electron chi connectivity index (χ1n) is 13.2. The van der Waals surface area contributed by atoms with Crippen molar-refractivity contribution in [3.05, 3.63) is 64.4 Å². The quantitative estimate of drug-likeness (QED) is 0.606. The number of amides is 2. The number of aryl methyl sites for hydroxylation is 1. The number of hydrogen-bond acceptors (Lipinski definition) is 5. The molecule has 0 radical (unpaired) electrons. The van der Waals surface area contributed by atoms with Gasteiger partial charge in [0.15, 0.2) is 0 Å².